The van der Waals surface area contributed by atoms with Crippen LogP contribution in [-0.4, -0.2) is 12.5 Å². The van der Waals surface area contributed by atoms with Crippen LogP contribution in [0.1, 0.15) is 38.7 Å². The molecule has 0 aliphatic carbocycles. The van der Waals surface area contributed by atoms with Crippen LogP contribution < -0.4 is 11.1 Å². The third kappa shape index (κ3) is 5.21. The molecule has 0 aliphatic rings. The molecule has 0 aromatic heterocycles. The number of para-hydroxylation sites is 1. The third-order valence-corrected chi connectivity index (χ3v) is 3.65. The highest BCUT2D eigenvalue weighted by Crippen LogP contribution is 2.28. The lowest BCUT2D eigenvalue weighted by Gasteiger charge is -2.23. The van der Waals surface area contributed by atoms with Crippen molar-refractivity contribution >= 4 is 23.2 Å². The molecule has 0 aliphatic heterocycles. The summed E-state index contributed by atoms with van der Waals surface area (Å²) in [6, 6.07) is 5.58. The van der Waals surface area contributed by atoms with E-state index in [0.717, 1.165) is 18.4 Å². The first kappa shape index (κ1) is 16.0. The van der Waals surface area contributed by atoms with Crippen LogP contribution >= 0.6 is 11.6 Å². The lowest BCUT2D eigenvalue weighted by molar-refractivity contribution is -0.116. The first-order chi connectivity index (χ1) is 8.85. The van der Waals surface area contributed by atoms with Gasteiger partial charge in [0, 0.05) is 6.42 Å². The lowest BCUT2D eigenvalue weighted by atomic mass is 9.84. The van der Waals surface area contributed by atoms with Crippen molar-refractivity contribution in [3.8, 4) is 0 Å². The molecule has 1 aromatic carbocycles. The van der Waals surface area contributed by atoms with Crippen LogP contribution in [0.5, 0.6) is 0 Å². The van der Waals surface area contributed by atoms with Crippen molar-refractivity contribution in [1.29, 1.82) is 0 Å². The summed E-state index contributed by atoms with van der Waals surface area (Å²) in [7, 11) is 0. The van der Waals surface area contributed by atoms with Gasteiger partial charge in [0.2, 0.25) is 5.91 Å². The van der Waals surface area contributed by atoms with Gasteiger partial charge in [-0.1, -0.05) is 37.6 Å². The zero-order valence-corrected chi connectivity index (χ0v) is 12.7. The Morgan fingerprint density at radius 3 is 2.63 bits per heavy atom. The Labute approximate surface area is 120 Å². The van der Waals surface area contributed by atoms with E-state index in [1.807, 2.05) is 19.1 Å². The molecule has 3 N–H and O–H groups in total. The Bertz CT molecular complexity index is 424. The Balaban J connectivity index is 2.57. The second kappa shape index (κ2) is 6.92. The van der Waals surface area contributed by atoms with E-state index in [1.54, 1.807) is 6.07 Å². The number of aryl methyl sites for hydroxylation is 1. The van der Waals surface area contributed by atoms with Gasteiger partial charge in [0.05, 0.1) is 10.7 Å². The monoisotopic (exact) mass is 282 g/mol. The first-order valence-electron chi connectivity index (χ1n) is 6.61. The summed E-state index contributed by atoms with van der Waals surface area (Å²) in [6.45, 7) is 6.85. The lowest BCUT2D eigenvalue weighted by Crippen LogP contribution is -2.21. The topological polar surface area (TPSA) is 55.1 Å². The smallest absolute Gasteiger partial charge is 0.224 e. The maximum Gasteiger partial charge on any atom is 0.224 e. The van der Waals surface area contributed by atoms with E-state index in [0.29, 0.717) is 23.7 Å². The third-order valence-electron chi connectivity index (χ3n) is 3.34. The van der Waals surface area contributed by atoms with Crippen molar-refractivity contribution in [1.82, 2.24) is 0 Å². The van der Waals surface area contributed by atoms with Gasteiger partial charge in [-0.25, -0.2) is 0 Å². The van der Waals surface area contributed by atoms with Crippen LogP contribution in [0.3, 0.4) is 0 Å². The molecule has 0 bridgehead atoms. The molecule has 1 rings (SSSR count). The standard InChI is InChI=1S/C15H23ClN2O/c1-11-5-4-6-12(16)14(11)18-13(19)7-8-15(2,3)9-10-17/h4-6H,7-10,17H2,1-3H3,(H,18,19). The normalized spacial score (nSPS) is 11.4. The number of amides is 1. The van der Waals surface area contributed by atoms with E-state index in [2.05, 4.69) is 19.2 Å². The fraction of sp³-hybridized carbons (Fsp3) is 0.533. The Kier molecular flexibility index (Phi) is 5.83. The SMILES string of the molecule is Cc1cccc(Cl)c1NC(=O)CCC(C)(C)CCN. The maximum atomic E-state index is 12.0. The number of nitrogens with two attached hydrogens (primary N) is 1. The summed E-state index contributed by atoms with van der Waals surface area (Å²) in [5.41, 5.74) is 7.35. The predicted molar refractivity (Wildman–Crippen MR) is 81.5 cm³/mol. The number of carbonyl (C=O) groups is 1. The molecule has 1 aromatic rings. The van der Waals surface area contributed by atoms with Gasteiger partial charge in [0.25, 0.3) is 0 Å². The molecule has 4 heteroatoms. The van der Waals surface area contributed by atoms with Gasteiger partial charge < -0.3 is 11.1 Å². The summed E-state index contributed by atoms with van der Waals surface area (Å²) < 4.78 is 0. The van der Waals surface area contributed by atoms with Crippen LogP contribution in [0.4, 0.5) is 5.69 Å². The molecule has 0 unspecified atom stereocenters. The van der Waals surface area contributed by atoms with E-state index in [-0.39, 0.29) is 11.3 Å². The molecule has 0 spiro atoms. The molecule has 1 amide bonds. The van der Waals surface area contributed by atoms with Gasteiger partial charge in [-0.3, -0.25) is 4.79 Å². The van der Waals surface area contributed by atoms with Crippen molar-refractivity contribution < 1.29 is 4.79 Å². The van der Waals surface area contributed by atoms with Crippen molar-refractivity contribution in [3.05, 3.63) is 28.8 Å². The van der Waals surface area contributed by atoms with Crippen LogP contribution in [0.2, 0.25) is 5.02 Å². The van der Waals surface area contributed by atoms with E-state index >= 15 is 0 Å². The second-order valence-corrected chi connectivity index (χ2v) is 6.09. The van der Waals surface area contributed by atoms with Crippen LogP contribution in [0.25, 0.3) is 0 Å². The van der Waals surface area contributed by atoms with Gasteiger partial charge >= 0.3 is 0 Å². The predicted octanol–water partition coefficient (Wildman–Crippen LogP) is 3.74. The number of anilines is 1. The summed E-state index contributed by atoms with van der Waals surface area (Å²) in [5.74, 6) is 0.00120. The molecule has 0 saturated carbocycles. The molecule has 0 radical (unpaired) electrons. The molecule has 19 heavy (non-hydrogen) atoms. The van der Waals surface area contributed by atoms with Crippen molar-refractivity contribution in [2.45, 2.75) is 40.0 Å². The fourth-order valence-electron chi connectivity index (χ4n) is 1.96. The number of carbonyl (C=O) groups excluding carboxylic acids is 1. The summed E-state index contributed by atoms with van der Waals surface area (Å²) in [6.07, 6.45) is 2.22. The second-order valence-electron chi connectivity index (χ2n) is 5.68. The summed E-state index contributed by atoms with van der Waals surface area (Å²) >= 11 is 6.08. The Morgan fingerprint density at radius 2 is 2.05 bits per heavy atom. The number of halogens is 1. The Morgan fingerprint density at radius 1 is 1.37 bits per heavy atom. The first-order valence-corrected chi connectivity index (χ1v) is 6.98. The zero-order chi connectivity index (χ0) is 14.5. The molecule has 3 nitrogen and oxygen atoms in total. The molecule has 0 saturated heterocycles. The van der Waals surface area contributed by atoms with Gasteiger partial charge in [0.1, 0.15) is 0 Å². The van der Waals surface area contributed by atoms with E-state index in [9.17, 15) is 4.79 Å². The average molecular weight is 283 g/mol. The van der Waals surface area contributed by atoms with Gasteiger partial charge in [-0.2, -0.15) is 0 Å². The summed E-state index contributed by atoms with van der Waals surface area (Å²) in [4.78, 5) is 12.0. The minimum Gasteiger partial charge on any atom is -0.330 e. The quantitative estimate of drug-likeness (QED) is 0.835. The number of hydrogen-bond acceptors (Lipinski definition) is 2. The van der Waals surface area contributed by atoms with Crippen LogP contribution in [0.15, 0.2) is 18.2 Å². The van der Waals surface area contributed by atoms with Gasteiger partial charge in [-0.15, -0.1) is 0 Å². The molecular weight excluding hydrogens is 260 g/mol. The molecular formula is C15H23ClN2O. The number of benzene rings is 1. The molecule has 0 fully saturated rings. The highest BCUT2D eigenvalue weighted by atomic mass is 35.5. The fourth-order valence-corrected chi connectivity index (χ4v) is 2.23. The molecule has 0 atom stereocenters. The van der Waals surface area contributed by atoms with Crippen LogP contribution in [0, 0.1) is 12.3 Å². The van der Waals surface area contributed by atoms with Crippen molar-refractivity contribution in [3.63, 3.8) is 0 Å². The minimum absolute atomic E-state index is 0.00120. The highest BCUT2D eigenvalue weighted by Gasteiger charge is 2.18. The minimum atomic E-state index is 0.00120. The van der Waals surface area contributed by atoms with Crippen molar-refractivity contribution in [2.75, 3.05) is 11.9 Å². The molecule has 0 heterocycles. The molecule has 106 valence electrons. The van der Waals surface area contributed by atoms with E-state index in [4.69, 9.17) is 17.3 Å². The number of nitrogens with one attached hydrogen (secondary N) is 1. The average Bonchev–Trinajstić information content (AvgIpc) is 2.32. The largest absolute Gasteiger partial charge is 0.330 e. The highest BCUT2D eigenvalue weighted by molar-refractivity contribution is 6.33. The zero-order valence-electron chi connectivity index (χ0n) is 11.9. The van der Waals surface area contributed by atoms with Gasteiger partial charge in [-0.05, 0) is 43.4 Å². The van der Waals surface area contributed by atoms with E-state index < -0.39 is 0 Å². The summed E-state index contributed by atoms with van der Waals surface area (Å²) in [5, 5.41) is 3.47. The van der Waals surface area contributed by atoms with E-state index in [1.165, 1.54) is 0 Å². The number of hydrogen-bond donors (Lipinski definition) is 2. The van der Waals surface area contributed by atoms with Gasteiger partial charge in [0.15, 0.2) is 0 Å². The van der Waals surface area contributed by atoms with Crippen molar-refractivity contribution in [2.24, 2.45) is 11.1 Å². The van der Waals surface area contributed by atoms with Crippen LogP contribution in [-0.2, 0) is 4.79 Å². The number of rotatable bonds is 6. The Hall–Kier alpha value is -1.06. The maximum absolute atomic E-state index is 12.0.